The molecule has 2 heterocycles. The summed E-state index contributed by atoms with van der Waals surface area (Å²) >= 11 is 0. The number of carbonyl (C=O) groups excluding carboxylic acids is 1. The third-order valence-electron chi connectivity index (χ3n) is 3.37. The van der Waals surface area contributed by atoms with E-state index < -0.39 is 0 Å². The number of benzene rings is 1. The zero-order valence-corrected chi connectivity index (χ0v) is 9.76. The highest BCUT2D eigenvalue weighted by molar-refractivity contribution is 5.67. The lowest BCUT2D eigenvalue weighted by atomic mass is 9.85. The van der Waals surface area contributed by atoms with E-state index in [1.54, 1.807) is 0 Å². The van der Waals surface area contributed by atoms with Gasteiger partial charge >= 0.3 is 0 Å². The highest BCUT2D eigenvalue weighted by Crippen LogP contribution is 2.37. The van der Waals surface area contributed by atoms with Crippen molar-refractivity contribution < 1.29 is 4.79 Å². The van der Waals surface area contributed by atoms with Crippen LogP contribution in [0.3, 0.4) is 0 Å². The van der Waals surface area contributed by atoms with Gasteiger partial charge in [0.15, 0.2) is 0 Å². The number of hydrogen-bond donors (Lipinski definition) is 3. The van der Waals surface area contributed by atoms with Crippen molar-refractivity contribution in [2.24, 2.45) is 0 Å². The van der Waals surface area contributed by atoms with E-state index in [9.17, 15) is 4.79 Å². The lowest BCUT2D eigenvalue weighted by molar-refractivity contribution is -0.108. The summed E-state index contributed by atoms with van der Waals surface area (Å²) in [5, 5.41) is 10.1. The number of hydrogen-bond acceptors (Lipinski definition) is 4. The molecule has 0 fully saturated rings. The molecule has 2 aromatic rings. The van der Waals surface area contributed by atoms with E-state index in [2.05, 4.69) is 15.5 Å². The number of aldehydes is 1. The maximum Gasteiger partial charge on any atom is 0.142 e. The number of aromatic amines is 1. The minimum atomic E-state index is -0.180. The number of carbonyl (C=O) groups is 1. The van der Waals surface area contributed by atoms with E-state index in [1.165, 1.54) is 0 Å². The van der Waals surface area contributed by atoms with E-state index >= 15 is 0 Å². The fourth-order valence-electron chi connectivity index (χ4n) is 2.43. The molecule has 0 radical (unpaired) electrons. The summed E-state index contributed by atoms with van der Waals surface area (Å²) in [6.07, 6.45) is 3.48. The molecule has 0 aliphatic carbocycles. The first-order valence-electron chi connectivity index (χ1n) is 5.88. The van der Waals surface area contributed by atoms with Crippen LogP contribution in [0.1, 0.15) is 23.5 Å². The standard InChI is InChI=1S/C13H14N4O/c14-9-3-1-8(2-4-9)11-5-10(7-18)16-13-12(11)6-15-17-13/h1-4,6-7,10-11H,5,14H2,(H2,15,16,17). The molecule has 1 aliphatic heterocycles. The monoisotopic (exact) mass is 242 g/mol. The molecule has 2 unspecified atom stereocenters. The van der Waals surface area contributed by atoms with Gasteiger partial charge in [0.1, 0.15) is 12.1 Å². The topological polar surface area (TPSA) is 83.8 Å². The van der Waals surface area contributed by atoms with Crippen LogP contribution in [0, 0.1) is 0 Å². The lowest BCUT2D eigenvalue weighted by Gasteiger charge is -2.27. The second-order valence-corrected chi connectivity index (χ2v) is 4.54. The van der Waals surface area contributed by atoms with Gasteiger partial charge < -0.3 is 15.8 Å². The Hall–Kier alpha value is -2.30. The van der Waals surface area contributed by atoms with Gasteiger partial charge in [-0.3, -0.25) is 5.10 Å². The molecule has 4 N–H and O–H groups in total. The van der Waals surface area contributed by atoms with Gasteiger partial charge in [-0.2, -0.15) is 5.10 Å². The normalized spacial score (nSPS) is 22.0. The number of rotatable bonds is 2. The Kier molecular flexibility index (Phi) is 2.51. The number of anilines is 2. The largest absolute Gasteiger partial charge is 0.399 e. The van der Waals surface area contributed by atoms with Crippen molar-refractivity contribution in [2.45, 2.75) is 18.4 Å². The number of nitrogens with one attached hydrogen (secondary N) is 2. The molecular weight excluding hydrogens is 228 g/mol. The first-order valence-corrected chi connectivity index (χ1v) is 5.88. The Morgan fingerprint density at radius 2 is 2.11 bits per heavy atom. The van der Waals surface area contributed by atoms with Crippen LogP contribution >= 0.6 is 0 Å². The van der Waals surface area contributed by atoms with Gasteiger partial charge in [-0.05, 0) is 24.1 Å². The van der Waals surface area contributed by atoms with Crippen molar-refractivity contribution in [2.75, 3.05) is 11.1 Å². The molecule has 2 atom stereocenters. The Balaban J connectivity index is 2.01. The third kappa shape index (κ3) is 1.73. The number of H-pyrrole nitrogens is 1. The quantitative estimate of drug-likeness (QED) is 0.550. The third-order valence-corrected chi connectivity index (χ3v) is 3.37. The van der Waals surface area contributed by atoms with Crippen LogP contribution < -0.4 is 11.1 Å². The van der Waals surface area contributed by atoms with Crippen molar-refractivity contribution in [3.05, 3.63) is 41.6 Å². The maximum atomic E-state index is 11.0. The van der Waals surface area contributed by atoms with Gasteiger partial charge in [0, 0.05) is 17.2 Å². The summed E-state index contributed by atoms with van der Waals surface area (Å²) in [5.41, 5.74) is 8.69. The summed E-state index contributed by atoms with van der Waals surface area (Å²) in [5.74, 6) is 1.01. The van der Waals surface area contributed by atoms with Gasteiger partial charge in [0.2, 0.25) is 0 Å². The molecule has 5 heteroatoms. The van der Waals surface area contributed by atoms with E-state index in [1.807, 2.05) is 30.5 Å². The zero-order valence-electron chi connectivity index (χ0n) is 9.76. The fourth-order valence-corrected chi connectivity index (χ4v) is 2.43. The smallest absolute Gasteiger partial charge is 0.142 e. The van der Waals surface area contributed by atoms with Crippen LogP contribution in [0.25, 0.3) is 0 Å². The van der Waals surface area contributed by atoms with Gasteiger partial charge in [-0.25, -0.2) is 0 Å². The van der Waals surface area contributed by atoms with Crippen molar-refractivity contribution in [3.63, 3.8) is 0 Å². The van der Waals surface area contributed by atoms with Gasteiger partial charge in [0.25, 0.3) is 0 Å². The molecule has 0 saturated heterocycles. The summed E-state index contributed by atoms with van der Waals surface area (Å²) in [7, 11) is 0. The molecule has 0 bridgehead atoms. The van der Waals surface area contributed by atoms with Crippen LogP contribution in [0.5, 0.6) is 0 Å². The van der Waals surface area contributed by atoms with Crippen LogP contribution in [0.4, 0.5) is 11.5 Å². The lowest BCUT2D eigenvalue weighted by Crippen LogP contribution is -2.29. The maximum absolute atomic E-state index is 11.0. The zero-order chi connectivity index (χ0) is 12.5. The molecule has 1 aliphatic rings. The predicted octanol–water partition coefficient (Wildman–Crippen LogP) is 1.51. The molecule has 0 saturated carbocycles. The molecule has 5 nitrogen and oxygen atoms in total. The average molecular weight is 242 g/mol. The van der Waals surface area contributed by atoms with E-state index in [-0.39, 0.29) is 12.0 Å². The summed E-state index contributed by atoms with van der Waals surface area (Å²) in [4.78, 5) is 11.0. The molecule has 92 valence electrons. The highest BCUT2D eigenvalue weighted by Gasteiger charge is 2.28. The van der Waals surface area contributed by atoms with E-state index in [4.69, 9.17) is 5.73 Å². The number of nitrogens with zero attached hydrogens (tertiary/aromatic N) is 1. The van der Waals surface area contributed by atoms with Crippen molar-refractivity contribution in [3.8, 4) is 0 Å². The Bertz CT molecular complexity index is 561. The summed E-state index contributed by atoms with van der Waals surface area (Å²) in [6, 6.07) is 7.59. The van der Waals surface area contributed by atoms with E-state index in [0.717, 1.165) is 35.3 Å². The van der Waals surface area contributed by atoms with Crippen LogP contribution in [-0.4, -0.2) is 22.5 Å². The van der Waals surface area contributed by atoms with Crippen LogP contribution in [-0.2, 0) is 4.79 Å². The van der Waals surface area contributed by atoms with Gasteiger partial charge in [0.05, 0.1) is 12.2 Å². The van der Waals surface area contributed by atoms with E-state index in [0.29, 0.717) is 0 Å². The number of aromatic nitrogens is 2. The molecule has 3 rings (SSSR count). The fraction of sp³-hybridized carbons (Fsp3) is 0.231. The minimum Gasteiger partial charge on any atom is -0.399 e. The predicted molar refractivity (Wildman–Crippen MR) is 69.4 cm³/mol. The minimum absolute atomic E-state index is 0.177. The molecule has 0 spiro atoms. The van der Waals surface area contributed by atoms with Crippen molar-refractivity contribution >= 4 is 17.8 Å². The Morgan fingerprint density at radius 3 is 2.83 bits per heavy atom. The number of nitrogen functional groups attached to an aromatic ring is 1. The Labute approximate surface area is 104 Å². The molecule has 0 amide bonds. The van der Waals surface area contributed by atoms with Crippen molar-refractivity contribution in [1.29, 1.82) is 0 Å². The summed E-state index contributed by atoms with van der Waals surface area (Å²) < 4.78 is 0. The van der Waals surface area contributed by atoms with Gasteiger partial charge in [-0.15, -0.1) is 0 Å². The second-order valence-electron chi connectivity index (χ2n) is 4.54. The summed E-state index contributed by atoms with van der Waals surface area (Å²) in [6.45, 7) is 0. The average Bonchev–Trinajstić information content (AvgIpc) is 2.86. The van der Waals surface area contributed by atoms with Gasteiger partial charge in [-0.1, -0.05) is 12.1 Å². The first-order chi connectivity index (χ1) is 8.78. The Morgan fingerprint density at radius 1 is 1.33 bits per heavy atom. The molecule has 1 aromatic heterocycles. The number of nitrogens with two attached hydrogens (primary N) is 1. The van der Waals surface area contributed by atoms with Crippen molar-refractivity contribution in [1.82, 2.24) is 10.2 Å². The molecular formula is C13H14N4O. The van der Waals surface area contributed by atoms with Crippen LogP contribution in [0.15, 0.2) is 30.5 Å². The van der Waals surface area contributed by atoms with Crippen LogP contribution in [0.2, 0.25) is 0 Å². The molecule has 18 heavy (non-hydrogen) atoms. The first kappa shape index (κ1) is 10.8. The SMILES string of the molecule is Nc1ccc(C2CC(C=O)Nc3[nH]ncc32)cc1. The number of fused-ring (bicyclic) bond motifs is 1. The highest BCUT2D eigenvalue weighted by atomic mass is 16.1. The molecule has 1 aromatic carbocycles. The second kappa shape index (κ2) is 4.18.